The number of ether oxygens (including phenoxy) is 1. The van der Waals surface area contributed by atoms with Crippen molar-refractivity contribution < 1.29 is 4.74 Å². The lowest BCUT2D eigenvalue weighted by Crippen LogP contribution is -1.94. The smallest absolute Gasteiger partial charge is 0.133 e. The molecule has 0 heterocycles. The molecule has 2 heteroatoms. The van der Waals surface area contributed by atoms with Gasteiger partial charge in [0.05, 0.1) is 6.07 Å². The molecule has 0 saturated carbocycles. The van der Waals surface area contributed by atoms with Crippen molar-refractivity contribution in [3.63, 3.8) is 0 Å². The molecule has 0 aromatic carbocycles. The van der Waals surface area contributed by atoms with Gasteiger partial charge in [0.15, 0.2) is 0 Å². The van der Waals surface area contributed by atoms with Gasteiger partial charge in [0, 0.05) is 6.61 Å². The molecule has 16 heavy (non-hydrogen) atoms. The second-order valence-electron chi connectivity index (χ2n) is 4.39. The van der Waals surface area contributed by atoms with Gasteiger partial charge in [-0.25, -0.2) is 0 Å². The zero-order valence-corrected chi connectivity index (χ0v) is 10.8. The van der Waals surface area contributed by atoms with Crippen molar-refractivity contribution in [2.45, 2.75) is 71.1 Å². The number of nitrogens with zero attached hydrogens (tertiary/aromatic N) is 1. The molecule has 0 spiro atoms. The van der Waals surface area contributed by atoms with Crippen LogP contribution in [0.4, 0.5) is 0 Å². The highest BCUT2D eigenvalue weighted by atomic mass is 16.5. The van der Waals surface area contributed by atoms with Crippen LogP contribution in [0.2, 0.25) is 0 Å². The van der Waals surface area contributed by atoms with Gasteiger partial charge in [-0.15, -0.1) is 0 Å². The highest BCUT2D eigenvalue weighted by Crippen LogP contribution is 2.10. The van der Waals surface area contributed by atoms with Crippen LogP contribution in [0.5, 0.6) is 0 Å². The van der Waals surface area contributed by atoms with Gasteiger partial charge in [-0.1, -0.05) is 64.7 Å². The Hall–Kier alpha value is -0.550. The summed E-state index contributed by atoms with van der Waals surface area (Å²) < 4.78 is 5.09. The quantitative estimate of drug-likeness (QED) is 0.460. The van der Waals surface area contributed by atoms with Crippen LogP contribution in [0.3, 0.4) is 0 Å². The SMILES string of the molecule is CCCCCCCCCCCCOCC#N. The number of hydrogen-bond donors (Lipinski definition) is 0. The highest BCUT2D eigenvalue weighted by Gasteiger charge is 1.92. The van der Waals surface area contributed by atoms with Crippen LogP contribution in [-0.2, 0) is 4.74 Å². The molecule has 0 radical (unpaired) electrons. The first-order valence-corrected chi connectivity index (χ1v) is 6.86. The third kappa shape index (κ3) is 13.4. The third-order valence-corrected chi connectivity index (χ3v) is 2.81. The fourth-order valence-electron chi connectivity index (χ4n) is 1.81. The fraction of sp³-hybridized carbons (Fsp3) is 0.929. The van der Waals surface area contributed by atoms with Crippen molar-refractivity contribution in [3.05, 3.63) is 0 Å². The number of nitriles is 1. The minimum absolute atomic E-state index is 0.247. The Bertz CT molecular complexity index is 163. The molecule has 0 atom stereocenters. The summed E-state index contributed by atoms with van der Waals surface area (Å²) in [5, 5.41) is 8.25. The minimum atomic E-state index is 0.247. The number of unbranched alkanes of at least 4 members (excludes halogenated alkanes) is 9. The molecule has 2 nitrogen and oxygen atoms in total. The molecule has 0 aliphatic heterocycles. The Kier molecular flexibility index (Phi) is 14.0. The van der Waals surface area contributed by atoms with E-state index in [2.05, 4.69) is 6.92 Å². The molecule has 0 aliphatic carbocycles. The summed E-state index contributed by atoms with van der Waals surface area (Å²) in [5.74, 6) is 0. The predicted molar refractivity (Wildman–Crippen MR) is 68.3 cm³/mol. The largest absolute Gasteiger partial charge is 0.367 e. The molecule has 0 amide bonds. The first-order valence-electron chi connectivity index (χ1n) is 6.86. The average Bonchev–Trinajstić information content (AvgIpc) is 2.31. The van der Waals surface area contributed by atoms with Gasteiger partial charge in [-0.3, -0.25) is 0 Å². The summed E-state index contributed by atoms with van der Waals surface area (Å²) in [6, 6.07) is 1.98. The van der Waals surface area contributed by atoms with E-state index in [-0.39, 0.29) is 6.61 Å². The summed E-state index contributed by atoms with van der Waals surface area (Å²) in [6.45, 7) is 3.26. The molecule has 0 aromatic rings. The Morgan fingerprint density at radius 1 is 0.812 bits per heavy atom. The van der Waals surface area contributed by atoms with Gasteiger partial charge < -0.3 is 4.74 Å². The van der Waals surface area contributed by atoms with Crippen LogP contribution in [0, 0.1) is 11.3 Å². The molecule has 0 N–H and O–H groups in total. The van der Waals surface area contributed by atoms with Gasteiger partial charge in [0.2, 0.25) is 0 Å². The van der Waals surface area contributed by atoms with Crippen LogP contribution >= 0.6 is 0 Å². The third-order valence-electron chi connectivity index (χ3n) is 2.81. The summed E-state index contributed by atoms with van der Waals surface area (Å²) in [6.07, 6.45) is 13.4. The van der Waals surface area contributed by atoms with Crippen LogP contribution in [0.1, 0.15) is 71.1 Å². The molecule has 0 fully saturated rings. The molecular weight excluding hydrogens is 198 g/mol. The molecule has 0 rings (SSSR count). The van der Waals surface area contributed by atoms with Gasteiger partial charge in [0.25, 0.3) is 0 Å². The van der Waals surface area contributed by atoms with E-state index in [0.29, 0.717) is 0 Å². The van der Waals surface area contributed by atoms with Crippen LogP contribution < -0.4 is 0 Å². The standard InChI is InChI=1S/C14H27NO/c1-2-3-4-5-6-7-8-9-10-11-13-16-14-12-15/h2-11,13-14H2,1H3. The molecule has 0 saturated heterocycles. The summed E-state index contributed by atoms with van der Waals surface area (Å²) in [7, 11) is 0. The second-order valence-corrected chi connectivity index (χ2v) is 4.39. The van der Waals surface area contributed by atoms with Gasteiger partial charge in [-0.2, -0.15) is 5.26 Å². The zero-order valence-electron chi connectivity index (χ0n) is 10.8. The molecular formula is C14H27NO. The van der Waals surface area contributed by atoms with Crippen LogP contribution in [0.15, 0.2) is 0 Å². The number of rotatable bonds is 12. The first-order chi connectivity index (χ1) is 7.91. The lowest BCUT2D eigenvalue weighted by atomic mass is 10.1. The topological polar surface area (TPSA) is 33.0 Å². The molecule has 0 aliphatic rings. The van der Waals surface area contributed by atoms with E-state index in [9.17, 15) is 0 Å². The summed E-state index contributed by atoms with van der Waals surface area (Å²) >= 11 is 0. The van der Waals surface area contributed by atoms with Crippen LogP contribution in [0.25, 0.3) is 0 Å². The van der Waals surface area contributed by atoms with Crippen molar-refractivity contribution >= 4 is 0 Å². The minimum Gasteiger partial charge on any atom is -0.367 e. The average molecular weight is 225 g/mol. The Labute approximate surface area is 101 Å². The van der Waals surface area contributed by atoms with Gasteiger partial charge in [0.1, 0.15) is 6.61 Å². The first kappa shape index (κ1) is 15.4. The van der Waals surface area contributed by atoms with E-state index in [1.807, 2.05) is 6.07 Å². The fourth-order valence-corrected chi connectivity index (χ4v) is 1.81. The Morgan fingerprint density at radius 3 is 1.81 bits per heavy atom. The van der Waals surface area contributed by atoms with Crippen LogP contribution in [-0.4, -0.2) is 13.2 Å². The van der Waals surface area contributed by atoms with E-state index in [0.717, 1.165) is 13.0 Å². The van der Waals surface area contributed by atoms with E-state index >= 15 is 0 Å². The molecule has 0 aromatic heterocycles. The Balaban J connectivity index is 2.86. The van der Waals surface area contributed by atoms with Crippen molar-refractivity contribution in [3.8, 4) is 6.07 Å². The lowest BCUT2D eigenvalue weighted by Gasteiger charge is -2.02. The van der Waals surface area contributed by atoms with Gasteiger partial charge in [-0.05, 0) is 6.42 Å². The summed E-state index contributed by atoms with van der Waals surface area (Å²) in [5.41, 5.74) is 0. The van der Waals surface area contributed by atoms with Crippen molar-refractivity contribution in [1.82, 2.24) is 0 Å². The van der Waals surface area contributed by atoms with Crippen molar-refractivity contribution in [2.75, 3.05) is 13.2 Å². The maximum atomic E-state index is 8.25. The van der Waals surface area contributed by atoms with E-state index in [4.69, 9.17) is 10.00 Å². The summed E-state index contributed by atoms with van der Waals surface area (Å²) in [4.78, 5) is 0. The van der Waals surface area contributed by atoms with Crippen molar-refractivity contribution in [2.24, 2.45) is 0 Å². The Morgan fingerprint density at radius 2 is 1.31 bits per heavy atom. The second kappa shape index (κ2) is 14.5. The van der Waals surface area contributed by atoms with Gasteiger partial charge >= 0.3 is 0 Å². The zero-order chi connectivity index (χ0) is 11.9. The van der Waals surface area contributed by atoms with E-state index < -0.39 is 0 Å². The number of hydrogen-bond acceptors (Lipinski definition) is 2. The van der Waals surface area contributed by atoms with E-state index in [1.54, 1.807) is 0 Å². The van der Waals surface area contributed by atoms with Crippen molar-refractivity contribution in [1.29, 1.82) is 5.26 Å². The normalized spacial score (nSPS) is 10.2. The lowest BCUT2D eigenvalue weighted by molar-refractivity contribution is 0.160. The maximum absolute atomic E-state index is 8.25. The predicted octanol–water partition coefficient (Wildman–Crippen LogP) is 4.45. The maximum Gasteiger partial charge on any atom is 0.133 e. The van der Waals surface area contributed by atoms with E-state index in [1.165, 1.54) is 57.8 Å². The molecule has 94 valence electrons. The molecule has 0 bridgehead atoms. The highest BCUT2D eigenvalue weighted by molar-refractivity contribution is 4.66. The monoisotopic (exact) mass is 225 g/mol. The molecule has 0 unspecified atom stereocenters.